The first-order chi connectivity index (χ1) is 9.97. The van der Waals surface area contributed by atoms with Gasteiger partial charge in [0.15, 0.2) is 6.10 Å². The van der Waals surface area contributed by atoms with Crippen LogP contribution in [-0.4, -0.2) is 42.9 Å². The normalized spacial score (nSPS) is 22.9. The molecule has 116 valence electrons. The number of carbonyl (C=O) groups is 1. The van der Waals surface area contributed by atoms with E-state index >= 15 is 0 Å². The first-order valence-electron chi connectivity index (χ1n) is 7.06. The van der Waals surface area contributed by atoms with E-state index in [9.17, 15) is 9.90 Å². The molecule has 5 nitrogen and oxygen atoms in total. The Labute approximate surface area is 129 Å². The van der Waals surface area contributed by atoms with Gasteiger partial charge in [0.2, 0.25) is 0 Å². The molecule has 0 radical (unpaired) electrons. The number of rotatable bonds is 5. The molecule has 0 saturated carbocycles. The summed E-state index contributed by atoms with van der Waals surface area (Å²) < 4.78 is 5.61. The molecule has 1 aliphatic rings. The van der Waals surface area contributed by atoms with Crippen LogP contribution in [0.25, 0.3) is 0 Å². The molecule has 6 heteroatoms. The van der Waals surface area contributed by atoms with Crippen molar-refractivity contribution in [3.8, 4) is 5.75 Å². The third-order valence-electron chi connectivity index (χ3n) is 3.65. The second kappa shape index (κ2) is 7.11. The summed E-state index contributed by atoms with van der Waals surface area (Å²) in [6, 6.07) is 5.29. The lowest BCUT2D eigenvalue weighted by Crippen LogP contribution is -2.41. The van der Waals surface area contributed by atoms with Gasteiger partial charge in [-0.25, -0.2) is 0 Å². The molecule has 0 bridgehead atoms. The molecule has 1 aliphatic heterocycles. The SMILES string of the molecule is Cc1cc(OC(C)C(=O)NCC2CNCC2O)ccc1Cl. The van der Waals surface area contributed by atoms with Crippen molar-refractivity contribution in [1.29, 1.82) is 0 Å². The molecule has 1 aromatic carbocycles. The van der Waals surface area contributed by atoms with Gasteiger partial charge in [-0.05, 0) is 37.6 Å². The average molecular weight is 313 g/mol. The molecule has 3 unspecified atom stereocenters. The molecule has 1 fully saturated rings. The van der Waals surface area contributed by atoms with Gasteiger partial charge in [0.1, 0.15) is 5.75 Å². The number of amides is 1. The molecule has 0 aliphatic carbocycles. The van der Waals surface area contributed by atoms with E-state index in [2.05, 4.69) is 10.6 Å². The quantitative estimate of drug-likeness (QED) is 0.762. The summed E-state index contributed by atoms with van der Waals surface area (Å²) in [4.78, 5) is 12.0. The standard InChI is InChI=1S/C15H21ClN2O3/c1-9-5-12(3-4-13(9)16)21-10(2)15(20)18-7-11-6-17-8-14(11)19/h3-5,10-11,14,17,19H,6-8H2,1-2H3,(H,18,20). The number of nitrogens with one attached hydrogen (secondary N) is 2. The van der Waals surface area contributed by atoms with Crippen molar-refractivity contribution in [2.24, 2.45) is 5.92 Å². The third kappa shape index (κ3) is 4.33. The monoisotopic (exact) mass is 312 g/mol. The van der Waals surface area contributed by atoms with E-state index in [1.165, 1.54) is 0 Å². The van der Waals surface area contributed by atoms with Crippen molar-refractivity contribution < 1.29 is 14.6 Å². The highest BCUT2D eigenvalue weighted by Crippen LogP contribution is 2.21. The Hall–Kier alpha value is -1.30. The van der Waals surface area contributed by atoms with E-state index in [1.54, 1.807) is 25.1 Å². The number of aliphatic hydroxyl groups is 1. The maximum atomic E-state index is 12.0. The predicted octanol–water partition coefficient (Wildman–Crippen LogP) is 1.11. The lowest BCUT2D eigenvalue weighted by atomic mass is 10.1. The van der Waals surface area contributed by atoms with Gasteiger partial charge >= 0.3 is 0 Å². The van der Waals surface area contributed by atoms with E-state index in [4.69, 9.17) is 16.3 Å². The smallest absolute Gasteiger partial charge is 0.260 e. The van der Waals surface area contributed by atoms with Gasteiger partial charge in [-0.15, -0.1) is 0 Å². The Kier molecular flexibility index (Phi) is 5.45. The first-order valence-corrected chi connectivity index (χ1v) is 7.44. The molecular weight excluding hydrogens is 292 g/mol. The number of aliphatic hydroxyl groups excluding tert-OH is 1. The van der Waals surface area contributed by atoms with Crippen molar-refractivity contribution in [2.45, 2.75) is 26.1 Å². The van der Waals surface area contributed by atoms with Crippen molar-refractivity contribution in [2.75, 3.05) is 19.6 Å². The number of β-amino-alcohol motifs (C(OH)–C–C–N with tert-alkyl or cyclic N) is 1. The topological polar surface area (TPSA) is 70.6 Å². The average Bonchev–Trinajstić information content (AvgIpc) is 2.85. The van der Waals surface area contributed by atoms with E-state index < -0.39 is 12.2 Å². The zero-order chi connectivity index (χ0) is 15.4. The minimum absolute atomic E-state index is 0.0546. The first kappa shape index (κ1) is 16.1. The van der Waals surface area contributed by atoms with Crippen LogP contribution < -0.4 is 15.4 Å². The van der Waals surface area contributed by atoms with Gasteiger partial charge in [-0.2, -0.15) is 0 Å². The van der Waals surface area contributed by atoms with E-state index in [0.29, 0.717) is 30.4 Å². The third-order valence-corrected chi connectivity index (χ3v) is 4.08. The summed E-state index contributed by atoms with van der Waals surface area (Å²) in [6.45, 7) is 5.32. The second-order valence-corrected chi connectivity index (χ2v) is 5.81. The van der Waals surface area contributed by atoms with Crippen LogP contribution in [0.15, 0.2) is 18.2 Å². The number of carbonyl (C=O) groups excluding carboxylic acids is 1. The highest BCUT2D eigenvalue weighted by molar-refractivity contribution is 6.31. The van der Waals surface area contributed by atoms with Gasteiger partial charge < -0.3 is 20.5 Å². The zero-order valence-corrected chi connectivity index (χ0v) is 13.0. The van der Waals surface area contributed by atoms with Crippen LogP contribution in [0.1, 0.15) is 12.5 Å². The molecule has 1 aromatic rings. The summed E-state index contributed by atoms with van der Waals surface area (Å²) >= 11 is 5.95. The van der Waals surface area contributed by atoms with Gasteiger partial charge in [-0.1, -0.05) is 11.6 Å². The zero-order valence-electron chi connectivity index (χ0n) is 12.2. The summed E-state index contributed by atoms with van der Waals surface area (Å²) in [6.07, 6.45) is -1.00. The highest BCUT2D eigenvalue weighted by atomic mass is 35.5. The number of halogens is 1. The molecule has 3 N–H and O–H groups in total. The van der Waals surface area contributed by atoms with Crippen molar-refractivity contribution in [1.82, 2.24) is 10.6 Å². The van der Waals surface area contributed by atoms with Gasteiger partial charge in [0.05, 0.1) is 6.10 Å². The molecular formula is C15H21ClN2O3. The molecule has 2 rings (SSSR count). The van der Waals surface area contributed by atoms with Crippen LogP contribution in [-0.2, 0) is 4.79 Å². The minimum Gasteiger partial charge on any atom is -0.481 e. The van der Waals surface area contributed by atoms with Gasteiger partial charge in [0.25, 0.3) is 5.91 Å². The number of hydrogen-bond acceptors (Lipinski definition) is 4. The van der Waals surface area contributed by atoms with E-state index in [-0.39, 0.29) is 11.8 Å². The summed E-state index contributed by atoms with van der Waals surface area (Å²) in [5.41, 5.74) is 0.905. The van der Waals surface area contributed by atoms with Crippen LogP contribution in [0.2, 0.25) is 5.02 Å². The molecule has 1 heterocycles. The van der Waals surface area contributed by atoms with Crippen LogP contribution in [0.5, 0.6) is 5.75 Å². The van der Waals surface area contributed by atoms with Crippen molar-refractivity contribution >= 4 is 17.5 Å². The summed E-state index contributed by atoms with van der Waals surface area (Å²) in [7, 11) is 0. The minimum atomic E-state index is -0.600. The lowest BCUT2D eigenvalue weighted by Gasteiger charge is -2.18. The summed E-state index contributed by atoms with van der Waals surface area (Å²) in [5.74, 6) is 0.475. The van der Waals surface area contributed by atoms with E-state index in [0.717, 1.165) is 5.56 Å². The maximum absolute atomic E-state index is 12.0. The van der Waals surface area contributed by atoms with Crippen LogP contribution in [0.4, 0.5) is 0 Å². The second-order valence-electron chi connectivity index (χ2n) is 5.40. The Morgan fingerprint density at radius 1 is 1.57 bits per heavy atom. The molecule has 0 spiro atoms. The fourth-order valence-electron chi connectivity index (χ4n) is 2.25. The van der Waals surface area contributed by atoms with Crippen molar-refractivity contribution in [3.63, 3.8) is 0 Å². The number of ether oxygens (including phenoxy) is 1. The van der Waals surface area contributed by atoms with Gasteiger partial charge in [-0.3, -0.25) is 4.79 Å². The molecule has 21 heavy (non-hydrogen) atoms. The number of aryl methyl sites for hydroxylation is 1. The summed E-state index contributed by atoms with van der Waals surface area (Å²) in [5, 5.41) is 16.2. The fourth-order valence-corrected chi connectivity index (χ4v) is 2.37. The molecule has 0 aromatic heterocycles. The number of hydrogen-bond donors (Lipinski definition) is 3. The molecule has 3 atom stereocenters. The Morgan fingerprint density at radius 3 is 2.95 bits per heavy atom. The van der Waals surface area contributed by atoms with Crippen LogP contribution in [0, 0.1) is 12.8 Å². The molecule has 1 amide bonds. The van der Waals surface area contributed by atoms with Crippen molar-refractivity contribution in [3.05, 3.63) is 28.8 Å². The fraction of sp³-hybridized carbons (Fsp3) is 0.533. The Bertz CT molecular complexity index is 510. The van der Waals surface area contributed by atoms with E-state index in [1.807, 2.05) is 6.92 Å². The predicted molar refractivity (Wildman–Crippen MR) is 81.7 cm³/mol. The molecule has 1 saturated heterocycles. The Morgan fingerprint density at radius 2 is 2.33 bits per heavy atom. The lowest BCUT2D eigenvalue weighted by molar-refractivity contribution is -0.127. The maximum Gasteiger partial charge on any atom is 0.260 e. The highest BCUT2D eigenvalue weighted by Gasteiger charge is 2.26. The number of benzene rings is 1. The van der Waals surface area contributed by atoms with Crippen LogP contribution >= 0.6 is 11.6 Å². The van der Waals surface area contributed by atoms with Gasteiger partial charge in [0, 0.05) is 30.6 Å². The Balaban J connectivity index is 1.83. The van der Waals surface area contributed by atoms with Crippen LogP contribution in [0.3, 0.4) is 0 Å². The largest absolute Gasteiger partial charge is 0.481 e.